The van der Waals surface area contributed by atoms with E-state index in [1.807, 2.05) is 0 Å². The highest BCUT2D eigenvalue weighted by Crippen LogP contribution is 2.19. The van der Waals surface area contributed by atoms with E-state index in [1.54, 1.807) is 12.4 Å². The molecule has 0 aromatic carbocycles. The van der Waals surface area contributed by atoms with E-state index >= 15 is 0 Å². The quantitative estimate of drug-likeness (QED) is 0.795. The van der Waals surface area contributed by atoms with Crippen LogP contribution in [-0.4, -0.2) is 9.97 Å². The number of aromatic nitrogens is 2. The van der Waals surface area contributed by atoms with Crippen LogP contribution in [0.5, 0.6) is 0 Å². The van der Waals surface area contributed by atoms with Gasteiger partial charge in [0.1, 0.15) is 5.82 Å². The lowest BCUT2D eigenvalue weighted by Crippen LogP contribution is -2.01. The largest absolute Gasteiger partial charge is 0.240 e. The van der Waals surface area contributed by atoms with Gasteiger partial charge in [-0.1, -0.05) is 13.8 Å². The molecule has 1 rings (SSSR count). The lowest BCUT2D eigenvalue weighted by molar-refractivity contribution is 0.601. The van der Waals surface area contributed by atoms with Crippen LogP contribution < -0.4 is 0 Å². The summed E-state index contributed by atoms with van der Waals surface area (Å²) in [5.41, 5.74) is 0. The molecule has 0 spiro atoms. The summed E-state index contributed by atoms with van der Waals surface area (Å²) in [6, 6.07) is 0. The number of hydrogen-bond acceptors (Lipinski definition) is 2. The van der Waals surface area contributed by atoms with E-state index in [-0.39, 0.29) is 0 Å². The van der Waals surface area contributed by atoms with Crippen molar-refractivity contribution in [2.45, 2.75) is 32.6 Å². The van der Waals surface area contributed by atoms with Gasteiger partial charge < -0.3 is 0 Å². The highest BCUT2D eigenvalue weighted by atomic mass is 79.9. The molecule has 3 heteroatoms. The second kappa shape index (κ2) is 4.55. The SMILES string of the molecule is CCC(CC)c1ncc(Br)cn1. The Morgan fingerprint density at radius 2 is 1.75 bits per heavy atom. The van der Waals surface area contributed by atoms with Crippen LogP contribution in [0.15, 0.2) is 16.9 Å². The van der Waals surface area contributed by atoms with Crippen molar-refractivity contribution in [3.63, 3.8) is 0 Å². The first kappa shape index (κ1) is 9.65. The Hall–Kier alpha value is -0.440. The summed E-state index contributed by atoms with van der Waals surface area (Å²) in [5, 5.41) is 0. The van der Waals surface area contributed by atoms with Crippen molar-refractivity contribution in [3.05, 3.63) is 22.7 Å². The minimum absolute atomic E-state index is 0.512. The van der Waals surface area contributed by atoms with E-state index in [2.05, 4.69) is 39.7 Å². The smallest absolute Gasteiger partial charge is 0.131 e. The first-order chi connectivity index (χ1) is 5.77. The molecule has 2 nitrogen and oxygen atoms in total. The van der Waals surface area contributed by atoms with Crippen LogP contribution in [0.2, 0.25) is 0 Å². The highest BCUT2D eigenvalue weighted by Gasteiger charge is 2.08. The normalized spacial score (nSPS) is 10.7. The van der Waals surface area contributed by atoms with Crippen LogP contribution in [-0.2, 0) is 0 Å². The van der Waals surface area contributed by atoms with E-state index in [0.29, 0.717) is 5.92 Å². The Bertz CT molecular complexity index is 229. The predicted molar refractivity (Wildman–Crippen MR) is 53.1 cm³/mol. The van der Waals surface area contributed by atoms with Gasteiger partial charge in [0.05, 0.1) is 4.47 Å². The summed E-state index contributed by atoms with van der Waals surface area (Å²) in [6.45, 7) is 4.33. The molecular weight excluding hydrogens is 216 g/mol. The van der Waals surface area contributed by atoms with Gasteiger partial charge in [0.15, 0.2) is 0 Å². The molecule has 0 radical (unpaired) electrons. The van der Waals surface area contributed by atoms with E-state index in [1.165, 1.54) is 0 Å². The molecule has 12 heavy (non-hydrogen) atoms. The maximum absolute atomic E-state index is 4.26. The molecule has 0 fully saturated rings. The third kappa shape index (κ3) is 2.27. The monoisotopic (exact) mass is 228 g/mol. The standard InChI is InChI=1S/C9H13BrN2/c1-3-7(4-2)9-11-5-8(10)6-12-9/h5-7H,3-4H2,1-2H3. The van der Waals surface area contributed by atoms with Gasteiger partial charge in [-0.15, -0.1) is 0 Å². The summed E-state index contributed by atoms with van der Waals surface area (Å²) in [5.74, 6) is 1.47. The molecule has 1 aromatic heterocycles. The zero-order valence-electron chi connectivity index (χ0n) is 7.42. The third-order valence-electron chi connectivity index (χ3n) is 1.99. The molecule has 0 amide bonds. The summed E-state index contributed by atoms with van der Waals surface area (Å²) >= 11 is 3.31. The Morgan fingerprint density at radius 1 is 1.25 bits per heavy atom. The fourth-order valence-electron chi connectivity index (χ4n) is 1.19. The van der Waals surface area contributed by atoms with E-state index in [0.717, 1.165) is 23.1 Å². The molecule has 1 heterocycles. The molecule has 0 aliphatic carbocycles. The van der Waals surface area contributed by atoms with Crippen LogP contribution >= 0.6 is 15.9 Å². The molecular formula is C9H13BrN2. The van der Waals surface area contributed by atoms with Gasteiger partial charge in [-0.2, -0.15) is 0 Å². The Kier molecular flexibility index (Phi) is 3.66. The van der Waals surface area contributed by atoms with Crippen LogP contribution in [0.25, 0.3) is 0 Å². The lowest BCUT2D eigenvalue weighted by atomic mass is 10.0. The second-order valence-electron chi connectivity index (χ2n) is 2.77. The Balaban J connectivity index is 2.80. The van der Waals surface area contributed by atoms with Gasteiger partial charge >= 0.3 is 0 Å². The molecule has 0 unspecified atom stereocenters. The third-order valence-corrected chi connectivity index (χ3v) is 2.40. The number of halogens is 1. The van der Waals surface area contributed by atoms with Crippen LogP contribution in [0.4, 0.5) is 0 Å². The van der Waals surface area contributed by atoms with Crippen molar-refractivity contribution in [2.75, 3.05) is 0 Å². The zero-order valence-corrected chi connectivity index (χ0v) is 9.00. The van der Waals surface area contributed by atoms with E-state index < -0.39 is 0 Å². The predicted octanol–water partition coefficient (Wildman–Crippen LogP) is 3.14. The maximum Gasteiger partial charge on any atom is 0.131 e. The summed E-state index contributed by atoms with van der Waals surface area (Å²) in [4.78, 5) is 8.52. The van der Waals surface area contributed by atoms with Crippen molar-refractivity contribution in [3.8, 4) is 0 Å². The molecule has 0 N–H and O–H groups in total. The van der Waals surface area contributed by atoms with E-state index in [4.69, 9.17) is 0 Å². The van der Waals surface area contributed by atoms with Gasteiger partial charge in [0.2, 0.25) is 0 Å². The van der Waals surface area contributed by atoms with Crippen LogP contribution in [0, 0.1) is 0 Å². The Labute approximate surface area is 81.6 Å². The van der Waals surface area contributed by atoms with Crippen LogP contribution in [0.1, 0.15) is 38.4 Å². The topological polar surface area (TPSA) is 25.8 Å². The zero-order chi connectivity index (χ0) is 8.97. The van der Waals surface area contributed by atoms with Crippen molar-refractivity contribution in [2.24, 2.45) is 0 Å². The van der Waals surface area contributed by atoms with Crippen molar-refractivity contribution in [1.29, 1.82) is 0 Å². The molecule has 1 aromatic rings. The number of rotatable bonds is 3. The molecule has 0 aliphatic heterocycles. The van der Waals surface area contributed by atoms with Gasteiger partial charge in [0, 0.05) is 18.3 Å². The van der Waals surface area contributed by atoms with Crippen molar-refractivity contribution in [1.82, 2.24) is 9.97 Å². The average molecular weight is 229 g/mol. The fourth-order valence-corrected chi connectivity index (χ4v) is 1.39. The number of nitrogens with zero attached hydrogens (tertiary/aromatic N) is 2. The van der Waals surface area contributed by atoms with Gasteiger partial charge in [0.25, 0.3) is 0 Å². The second-order valence-corrected chi connectivity index (χ2v) is 3.69. The van der Waals surface area contributed by atoms with Gasteiger partial charge in [-0.3, -0.25) is 0 Å². The summed E-state index contributed by atoms with van der Waals surface area (Å²) in [7, 11) is 0. The summed E-state index contributed by atoms with van der Waals surface area (Å²) in [6.07, 6.45) is 5.83. The number of hydrogen-bond donors (Lipinski definition) is 0. The fraction of sp³-hybridized carbons (Fsp3) is 0.556. The molecule has 0 bridgehead atoms. The lowest BCUT2D eigenvalue weighted by Gasteiger charge is -2.09. The summed E-state index contributed by atoms with van der Waals surface area (Å²) < 4.78 is 0.942. The van der Waals surface area contributed by atoms with Crippen molar-refractivity contribution < 1.29 is 0 Å². The van der Waals surface area contributed by atoms with Crippen LogP contribution in [0.3, 0.4) is 0 Å². The first-order valence-corrected chi connectivity index (χ1v) is 5.04. The highest BCUT2D eigenvalue weighted by molar-refractivity contribution is 9.10. The minimum Gasteiger partial charge on any atom is -0.240 e. The maximum atomic E-state index is 4.26. The van der Waals surface area contributed by atoms with Gasteiger partial charge in [-0.25, -0.2) is 9.97 Å². The molecule has 66 valence electrons. The Morgan fingerprint density at radius 3 is 2.17 bits per heavy atom. The van der Waals surface area contributed by atoms with E-state index in [9.17, 15) is 0 Å². The molecule has 0 saturated heterocycles. The molecule has 0 aliphatic rings. The van der Waals surface area contributed by atoms with Gasteiger partial charge in [-0.05, 0) is 28.8 Å². The molecule has 0 saturated carbocycles. The average Bonchev–Trinajstić information content (AvgIpc) is 2.10. The minimum atomic E-state index is 0.512. The first-order valence-electron chi connectivity index (χ1n) is 4.25. The van der Waals surface area contributed by atoms with Crippen molar-refractivity contribution >= 4 is 15.9 Å². The molecule has 0 atom stereocenters.